The number of para-hydroxylation sites is 1. The summed E-state index contributed by atoms with van der Waals surface area (Å²) in [5.74, 6) is -0.671. The van der Waals surface area contributed by atoms with Gasteiger partial charge in [-0.25, -0.2) is 0 Å². The lowest BCUT2D eigenvalue weighted by Crippen LogP contribution is -2.54. The highest BCUT2D eigenvalue weighted by molar-refractivity contribution is 7.80. The van der Waals surface area contributed by atoms with E-state index in [0.29, 0.717) is 17.0 Å². The van der Waals surface area contributed by atoms with Crippen LogP contribution in [0.5, 0.6) is 5.75 Å². The number of anilines is 1. The lowest BCUT2D eigenvalue weighted by Gasteiger charge is -2.29. The van der Waals surface area contributed by atoms with E-state index in [4.69, 9.17) is 40.2 Å². The predicted molar refractivity (Wildman–Crippen MR) is 106 cm³/mol. The second-order valence-electron chi connectivity index (χ2n) is 5.27. The van der Waals surface area contributed by atoms with Gasteiger partial charge in [-0.15, -0.1) is 0 Å². The fourth-order valence-electron chi connectivity index (χ4n) is 2.48. The number of ether oxygens (including phenoxy) is 1. The van der Waals surface area contributed by atoms with Crippen LogP contribution in [0.3, 0.4) is 0 Å². The number of rotatable bonds is 3. The standard InChI is InChI=1S/C18H12Cl2N2O3S/c1-25-14-8-3-2-5-10(14)9-11-16(23)21-18(26)22(17(11)24)13-7-4-6-12(19)15(13)20/h2-9H,1H3,(H,21,23,26). The van der Waals surface area contributed by atoms with Crippen LogP contribution in [0.2, 0.25) is 10.0 Å². The van der Waals surface area contributed by atoms with Crippen LogP contribution in [-0.4, -0.2) is 24.0 Å². The van der Waals surface area contributed by atoms with Gasteiger partial charge in [-0.3, -0.25) is 19.8 Å². The lowest BCUT2D eigenvalue weighted by molar-refractivity contribution is -0.122. The third-order valence-corrected chi connectivity index (χ3v) is 4.81. The first-order valence-electron chi connectivity index (χ1n) is 7.42. The molecule has 2 aromatic carbocycles. The monoisotopic (exact) mass is 406 g/mol. The number of benzene rings is 2. The maximum absolute atomic E-state index is 13.0. The molecule has 0 unspecified atom stereocenters. The Morgan fingerprint density at radius 2 is 1.85 bits per heavy atom. The number of thiocarbonyl (C=S) groups is 1. The number of hydrogen-bond acceptors (Lipinski definition) is 4. The number of nitrogens with one attached hydrogen (secondary N) is 1. The molecule has 0 aromatic heterocycles. The van der Waals surface area contributed by atoms with E-state index in [1.165, 1.54) is 13.2 Å². The zero-order valence-corrected chi connectivity index (χ0v) is 15.8. The summed E-state index contributed by atoms with van der Waals surface area (Å²) in [7, 11) is 1.51. The molecule has 5 nitrogen and oxygen atoms in total. The lowest BCUT2D eigenvalue weighted by atomic mass is 10.1. The number of carbonyl (C=O) groups is 2. The van der Waals surface area contributed by atoms with Gasteiger partial charge in [-0.2, -0.15) is 0 Å². The van der Waals surface area contributed by atoms with Crippen molar-refractivity contribution >= 4 is 64.1 Å². The van der Waals surface area contributed by atoms with Crippen LogP contribution in [0.4, 0.5) is 5.69 Å². The Hall–Kier alpha value is -2.41. The normalized spacial score (nSPS) is 16.0. The molecule has 132 valence electrons. The van der Waals surface area contributed by atoms with E-state index >= 15 is 0 Å². The zero-order valence-electron chi connectivity index (χ0n) is 13.5. The number of halogens is 2. The molecule has 1 aliphatic rings. The Bertz CT molecular complexity index is 959. The molecule has 0 bridgehead atoms. The van der Waals surface area contributed by atoms with Crippen LogP contribution in [0.15, 0.2) is 48.0 Å². The molecule has 0 aliphatic carbocycles. The first-order chi connectivity index (χ1) is 12.4. The molecule has 8 heteroatoms. The Balaban J connectivity index is 2.09. The van der Waals surface area contributed by atoms with Gasteiger partial charge >= 0.3 is 0 Å². The fraction of sp³-hybridized carbons (Fsp3) is 0.0556. The Morgan fingerprint density at radius 1 is 1.12 bits per heavy atom. The summed E-state index contributed by atoms with van der Waals surface area (Å²) < 4.78 is 5.26. The third-order valence-electron chi connectivity index (χ3n) is 3.71. The number of amides is 2. The molecule has 2 amide bonds. The SMILES string of the molecule is COc1ccccc1C=C1C(=O)NC(=S)N(c2cccc(Cl)c2Cl)C1=O. The highest BCUT2D eigenvalue weighted by Gasteiger charge is 2.35. The Labute approximate surface area is 165 Å². The molecule has 1 fully saturated rings. The summed E-state index contributed by atoms with van der Waals surface area (Å²) in [6.07, 6.45) is 1.45. The minimum Gasteiger partial charge on any atom is -0.496 e. The van der Waals surface area contributed by atoms with Crippen molar-refractivity contribution in [1.29, 1.82) is 0 Å². The van der Waals surface area contributed by atoms with Crippen molar-refractivity contribution < 1.29 is 14.3 Å². The molecule has 2 aromatic rings. The van der Waals surface area contributed by atoms with E-state index in [2.05, 4.69) is 5.32 Å². The van der Waals surface area contributed by atoms with Crippen molar-refractivity contribution in [2.75, 3.05) is 12.0 Å². The molecule has 3 rings (SSSR count). The van der Waals surface area contributed by atoms with Crippen LogP contribution in [-0.2, 0) is 9.59 Å². The van der Waals surface area contributed by atoms with Crippen LogP contribution < -0.4 is 15.0 Å². The Morgan fingerprint density at radius 3 is 2.58 bits per heavy atom. The van der Waals surface area contributed by atoms with Crippen molar-refractivity contribution in [3.05, 3.63) is 63.6 Å². The molecule has 1 aliphatic heterocycles. The summed E-state index contributed by atoms with van der Waals surface area (Å²) in [6, 6.07) is 11.8. The van der Waals surface area contributed by atoms with Crippen molar-refractivity contribution in [3.8, 4) is 5.75 Å². The van der Waals surface area contributed by atoms with Gasteiger partial charge in [0.15, 0.2) is 5.11 Å². The highest BCUT2D eigenvalue weighted by atomic mass is 35.5. The van der Waals surface area contributed by atoms with Gasteiger partial charge < -0.3 is 4.74 Å². The van der Waals surface area contributed by atoms with Gasteiger partial charge in [0.25, 0.3) is 11.8 Å². The summed E-state index contributed by atoms with van der Waals surface area (Å²) in [4.78, 5) is 26.5. The number of methoxy groups -OCH3 is 1. The van der Waals surface area contributed by atoms with Gasteiger partial charge in [-0.05, 0) is 36.5 Å². The van der Waals surface area contributed by atoms with E-state index < -0.39 is 11.8 Å². The summed E-state index contributed by atoms with van der Waals surface area (Å²) in [6.45, 7) is 0. The summed E-state index contributed by atoms with van der Waals surface area (Å²) >= 11 is 17.4. The van der Waals surface area contributed by atoms with Crippen LogP contribution >= 0.6 is 35.4 Å². The van der Waals surface area contributed by atoms with E-state index in [-0.39, 0.29) is 20.7 Å². The van der Waals surface area contributed by atoms with E-state index in [1.807, 2.05) is 0 Å². The van der Waals surface area contributed by atoms with Crippen molar-refractivity contribution in [2.45, 2.75) is 0 Å². The van der Waals surface area contributed by atoms with Gasteiger partial charge in [0.1, 0.15) is 11.3 Å². The minimum atomic E-state index is -0.603. The molecular formula is C18H12Cl2N2O3S. The molecule has 1 saturated heterocycles. The van der Waals surface area contributed by atoms with Gasteiger partial charge in [0.2, 0.25) is 0 Å². The van der Waals surface area contributed by atoms with Crippen LogP contribution in [0.1, 0.15) is 5.56 Å². The topological polar surface area (TPSA) is 58.6 Å². The number of carbonyl (C=O) groups excluding carboxylic acids is 2. The molecular weight excluding hydrogens is 395 g/mol. The number of nitrogens with zero attached hydrogens (tertiary/aromatic N) is 1. The zero-order chi connectivity index (χ0) is 18.8. The Kier molecular flexibility index (Phi) is 5.27. The molecule has 0 saturated carbocycles. The highest BCUT2D eigenvalue weighted by Crippen LogP contribution is 2.34. The van der Waals surface area contributed by atoms with E-state index in [0.717, 1.165) is 4.90 Å². The van der Waals surface area contributed by atoms with Gasteiger partial charge in [-0.1, -0.05) is 47.5 Å². The number of hydrogen-bond donors (Lipinski definition) is 1. The average molecular weight is 407 g/mol. The second-order valence-corrected chi connectivity index (χ2v) is 6.44. The van der Waals surface area contributed by atoms with Crippen molar-refractivity contribution in [3.63, 3.8) is 0 Å². The third kappa shape index (κ3) is 3.31. The van der Waals surface area contributed by atoms with Gasteiger partial charge in [0, 0.05) is 5.56 Å². The second kappa shape index (κ2) is 7.45. The molecule has 1 N–H and O–H groups in total. The van der Waals surface area contributed by atoms with E-state index in [1.54, 1.807) is 42.5 Å². The average Bonchev–Trinajstić information content (AvgIpc) is 2.62. The molecule has 0 spiro atoms. The van der Waals surface area contributed by atoms with E-state index in [9.17, 15) is 9.59 Å². The summed E-state index contributed by atoms with van der Waals surface area (Å²) in [5.41, 5.74) is 0.776. The van der Waals surface area contributed by atoms with Crippen molar-refractivity contribution in [1.82, 2.24) is 5.32 Å². The first-order valence-corrected chi connectivity index (χ1v) is 8.59. The quantitative estimate of drug-likeness (QED) is 0.477. The smallest absolute Gasteiger partial charge is 0.270 e. The maximum Gasteiger partial charge on any atom is 0.270 e. The maximum atomic E-state index is 13.0. The fourth-order valence-corrected chi connectivity index (χ4v) is 3.14. The van der Waals surface area contributed by atoms with Crippen molar-refractivity contribution in [2.24, 2.45) is 0 Å². The predicted octanol–water partition coefficient (Wildman–Crippen LogP) is 3.83. The summed E-state index contributed by atoms with van der Waals surface area (Å²) in [5, 5.41) is 2.87. The molecule has 0 atom stereocenters. The first kappa shape index (κ1) is 18.4. The molecule has 0 radical (unpaired) electrons. The van der Waals surface area contributed by atoms with Crippen LogP contribution in [0.25, 0.3) is 6.08 Å². The molecule has 1 heterocycles. The minimum absolute atomic E-state index is 0.0682. The largest absolute Gasteiger partial charge is 0.496 e. The van der Waals surface area contributed by atoms with Gasteiger partial charge in [0.05, 0.1) is 22.8 Å². The molecule has 26 heavy (non-hydrogen) atoms. The van der Waals surface area contributed by atoms with Crippen LogP contribution in [0, 0.1) is 0 Å².